The fourth-order valence-electron chi connectivity index (χ4n) is 5.58. The molecular weight excluding hydrogens is 700 g/mol. The van der Waals surface area contributed by atoms with Gasteiger partial charge in [0.05, 0.1) is 12.7 Å². The second kappa shape index (κ2) is 21.6. The Labute approximate surface area is 325 Å². The second-order valence-electron chi connectivity index (χ2n) is 15.4. The van der Waals surface area contributed by atoms with Crippen molar-refractivity contribution in [2.75, 3.05) is 0 Å². The van der Waals surface area contributed by atoms with Crippen LogP contribution in [-0.4, -0.2) is 59.7 Å². The number of carbonyl (C=O) groups excluding carboxylic acids is 5. The summed E-state index contributed by atoms with van der Waals surface area (Å²) < 4.78 is 17.1. The Kier molecular flexibility index (Phi) is 17.4. The van der Waals surface area contributed by atoms with Crippen molar-refractivity contribution in [3.8, 4) is 0 Å². The van der Waals surface area contributed by atoms with Gasteiger partial charge in [0.25, 0.3) is 0 Å². The van der Waals surface area contributed by atoms with E-state index in [1.807, 2.05) is 105 Å². The Morgan fingerprint density at radius 3 is 1.64 bits per heavy atom. The molecule has 0 saturated carbocycles. The summed E-state index contributed by atoms with van der Waals surface area (Å²) in [6, 6.07) is 25.6. The molecule has 0 aromatic heterocycles. The SMILES string of the molecule is CC(C)CC(C(=O)N[C@@H](NC(=O)[C@H](Cc1ccccc1)NC(=O)[C@@H](NC(=O)OC(C)(C)C)C(C)C)[C@@H](C)OCc1ccccc1)C(=O)OCc1ccccc1. The van der Waals surface area contributed by atoms with Gasteiger partial charge >= 0.3 is 12.1 Å². The van der Waals surface area contributed by atoms with Crippen LogP contribution in [0.4, 0.5) is 4.79 Å². The van der Waals surface area contributed by atoms with E-state index in [9.17, 15) is 24.0 Å². The van der Waals surface area contributed by atoms with E-state index in [0.29, 0.717) is 0 Å². The number of esters is 1. The molecule has 0 bridgehead atoms. The molecule has 0 radical (unpaired) electrons. The van der Waals surface area contributed by atoms with Gasteiger partial charge < -0.3 is 35.5 Å². The van der Waals surface area contributed by atoms with Gasteiger partial charge in [-0.05, 0) is 62.6 Å². The summed E-state index contributed by atoms with van der Waals surface area (Å²) in [7, 11) is 0. The van der Waals surface area contributed by atoms with Crippen molar-refractivity contribution in [3.05, 3.63) is 108 Å². The number of ether oxygens (including phenoxy) is 3. The smallest absolute Gasteiger partial charge is 0.408 e. The Bertz CT molecular complexity index is 1660. The van der Waals surface area contributed by atoms with E-state index in [1.165, 1.54) is 0 Å². The minimum Gasteiger partial charge on any atom is -0.460 e. The molecule has 3 rings (SSSR count). The van der Waals surface area contributed by atoms with Crippen molar-refractivity contribution >= 4 is 29.8 Å². The number of hydrogen-bond acceptors (Lipinski definition) is 8. The molecule has 4 N–H and O–H groups in total. The quantitative estimate of drug-likeness (QED) is 0.0675. The maximum absolute atomic E-state index is 14.3. The first-order chi connectivity index (χ1) is 26.0. The van der Waals surface area contributed by atoms with E-state index in [2.05, 4.69) is 21.3 Å². The van der Waals surface area contributed by atoms with Crippen LogP contribution >= 0.6 is 0 Å². The summed E-state index contributed by atoms with van der Waals surface area (Å²) in [5.41, 5.74) is 1.62. The molecule has 0 saturated heterocycles. The minimum absolute atomic E-state index is 0.000672. The van der Waals surface area contributed by atoms with Crippen molar-refractivity contribution < 1.29 is 38.2 Å². The zero-order valence-corrected chi connectivity index (χ0v) is 33.3. The highest BCUT2D eigenvalue weighted by molar-refractivity contribution is 5.98. The molecule has 0 fully saturated rings. The van der Waals surface area contributed by atoms with Crippen LogP contribution in [0, 0.1) is 17.8 Å². The van der Waals surface area contributed by atoms with Crippen LogP contribution in [0.15, 0.2) is 91.0 Å². The van der Waals surface area contributed by atoms with E-state index < -0.39 is 65.7 Å². The number of hydrogen-bond donors (Lipinski definition) is 4. The topological polar surface area (TPSA) is 161 Å². The fraction of sp³-hybridized carbons (Fsp3) is 0.465. The summed E-state index contributed by atoms with van der Waals surface area (Å²) in [6.45, 7) is 14.4. The lowest BCUT2D eigenvalue weighted by molar-refractivity contribution is -0.155. The molecule has 4 amide bonds. The third-order valence-corrected chi connectivity index (χ3v) is 8.49. The molecule has 0 spiro atoms. The van der Waals surface area contributed by atoms with Crippen LogP contribution in [0.2, 0.25) is 0 Å². The van der Waals surface area contributed by atoms with E-state index in [1.54, 1.807) is 41.5 Å². The first-order valence-electron chi connectivity index (χ1n) is 18.8. The predicted octanol–water partition coefficient (Wildman–Crippen LogP) is 5.83. The molecule has 298 valence electrons. The molecular formula is C43H58N4O8. The summed E-state index contributed by atoms with van der Waals surface area (Å²) in [5, 5.41) is 11.2. The highest BCUT2D eigenvalue weighted by atomic mass is 16.6. The maximum atomic E-state index is 14.3. The van der Waals surface area contributed by atoms with Gasteiger partial charge in [-0.3, -0.25) is 19.2 Å². The molecule has 5 atom stereocenters. The number of benzene rings is 3. The van der Waals surface area contributed by atoms with Gasteiger partial charge in [-0.15, -0.1) is 0 Å². The molecule has 3 aromatic carbocycles. The molecule has 3 aromatic rings. The third-order valence-electron chi connectivity index (χ3n) is 8.49. The van der Waals surface area contributed by atoms with Crippen molar-refractivity contribution in [2.45, 2.75) is 111 Å². The number of rotatable bonds is 19. The molecule has 0 heterocycles. The molecule has 55 heavy (non-hydrogen) atoms. The second-order valence-corrected chi connectivity index (χ2v) is 15.4. The lowest BCUT2D eigenvalue weighted by atomic mass is 9.96. The van der Waals surface area contributed by atoms with E-state index >= 15 is 0 Å². The Morgan fingerprint density at radius 1 is 0.618 bits per heavy atom. The van der Waals surface area contributed by atoms with Crippen LogP contribution in [0.5, 0.6) is 0 Å². The molecule has 12 heteroatoms. The van der Waals surface area contributed by atoms with Gasteiger partial charge in [0.1, 0.15) is 36.4 Å². The number of nitrogens with one attached hydrogen (secondary N) is 4. The van der Waals surface area contributed by atoms with Crippen LogP contribution < -0.4 is 21.3 Å². The summed E-state index contributed by atoms with van der Waals surface area (Å²) >= 11 is 0. The maximum Gasteiger partial charge on any atom is 0.408 e. The van der Waals surface area contributed by atoms with Gasteiger partial charge in [0.15, 0.2) is 0 Å². The van der Waals surface area contributed by atoms with Crippen molar-refractivity contribution in [1.82, 2.24) is 21.3 Å². The van der Waals surface area contributed by atoms with E-state index in [4.69, 9.17) is 14.2 Å². The van der Waals surface area contributed by atoms with E-state index in [-0.39, 0.29) is 37.9 Å². The largest absolute Gasteiger partial charge is 0.460 e. The highest BCUT2D eigenvalue weighted by Gasteiger charge is 2.35. The van der Waals surface area contributed by atoms with Crippen molar-refractivity contribution in [1.29, 1.82) is 0 Å². The van der Waals surface area contributed by atoms with Gasteiger partial charge in [0, 0.05) is 6.42 Å². The fourth-order valence-corrected chi connectivity index (χ4v) is 5.58. The summed E-state index contributed by atoms with van der Waals surface area (Å²) in [5.74, 6) is -4.11. The Morgan fingerprint density at radius 2 is 1.13 bits per heavy atom. The zero-order chi connectivity index (χ0) is 40.5. The Hall–Kier alpha value is -5.23. The number of carbonyl (C=O) groups is 5. The van der Waals surface area contributed by atoms with Gasteiger partial charge in [-0.2, -0.15) is 0 Å². The number of amides is 4. The van der Waals surface area contributed by atoms with Crippen molar-refractivity contribution in [3.63, 3.8) is 0 Å². The van der Waals surface area contributed by atoms with Crippen molar-refractivity contribution in [2.24, 2.45) is 17.8 Å². The lowest BCUT2D eigenvalue weighted by Crippen LogP contribution is -2.61. The standard InChI is InChI=1S/C43H58N4O8/c1-28(2)24-34(41(51)54-27-33-22-16-11-17-23-33)38(48)46-37(30(5)53-26-32-20-14-10-15-21-32)47-39(49)35(25-31-18-12-9-13-19-31)44-40(50)36(29(3)4)45-42(52)55-43(6,7)8/h9-23,28-30,34-37H,24-27H2,1-8H3,(H,44,50)(H,45,52)(H,46,48)(H,47,49)/t30-,34?,35+,36+,37+/m1/s1. The van der Waals surface area contributed by atoms with Crippen LogP contribution in [0.25, 0.3) is 0 Å². The zero-order valence-electron chi connectivity index (χ0n) is 33.3. The van der Waals surface area contributed by atoms with Gasteiger partial charge in [-0.25, -0.2) is 4.79 Å². The van der Waals surface area contributed by atoms with Crippen LogP contribution in [0.3, 0.4) is 0 Å². The van der Waals surface area contributed by atoms with Gasteiger partial charge in [0.2, 0.25) is 17.7 Å². The average molecular weight is 759 g/mol. The van der Waals surface area contributed by atoms with Gasteiger partial charge in [-0.1, -0.05) is 119 Å². The highest BCUT2D eigenvalue weighted by Crippen LogP contribution is 2.17. The molecule has 0 aliphatic rings. The molecule has 0 aliphatic heterocycles. The average Bonchev–Trinajstić information content (AvgIpc) is 3.13. The molecule has 12 nitrogen and oxygen atoms in total. The van der Waals surface area contributed by atoms with E-state index in [0.717, 1.165) is 16.7 Å². The van der Waals surface area contributed by atoms with Crippen LogP contribution in [-0.2, 0) is 53.0 Å². The molecule has 1 unspecified atom stereocenters. The minimum atomic E-state index is -1.17. The van der Waals surface area contributed by atoms with Crippen LogP contribution in [0.1, 0.15) is 78.5 Å². The molecule has 0 aliphatic carbocycles. The monoisotopic (exact) mass is 758 g/mol. The Balaban J connectivity index is 1.89. The normalized spacial score (nSPS) is 14.1. The number of alkyl carbamates (subject to hydrolysis) is 1. The lowest BCUT2D eigenvalue weighted by Gasteiger charge is -2.31. The summed E-state index contributed by atoms with van der Waals surface area (Å²) in [6.07, 6.45) is -2.39. The third kappa shape index (κ3) is 16.0. The predicted molar refractivity (Wildman–Crippen MR) is 210 cm³/mol. The first kappa shape index (κ1) is 44.2. The summed E-state index contributed by atoms with van der Waals surface area (Å²) in [4.78, 5) is 68.1. The first-order valence-corrected chi connectivity index (χ1v) is 18.8.